The molecule has 0 radical (unpaired) electrons. The van der Waals surface area contributed by atoms with Gasteiger partial charge in [-0.2, -0.15) is 0 Å². The van der Waals surface area contributed by atoms with E-state index in [4.69, 9.17) is 0 Å². The van der Waals surface area contributed by atoms with Gasteiger partial charge in [0.05, 0.1) is 4.90 Å². The third-order valence-electron chi connectivity index (χ3n) is 4.74. The van der Waals surface area contributed by atoms with E-state index in [1.807, 2.05) is 36.4 Å². The Labute approximate surface area is 203 Å². The standard InChI is InChI=1S/C24H25N5O5S/c30-22(17-26-24(32)25-15-18-8-3-1-4-9-18)28-29-23(31)20-12-7-13-21(14-20)35(33,34)27-16-19-10-5-2-6-11-19/h1-14,27H,15-17H2,(H,28,30)(H,29,31)(H2,25,26,32). The second-order valence-corrected chi connectivity index (χ2v) is 9.13. The van der Waals surface area contributed by atoms with Crippen LogP contribution in [-0.2, 0) is 27.9 Å². The van der Waals surface area contributed by atoms with Crippen molar-refractivity contribution in [2.45, 2.75) is 18.0 Å². The van der Waals surface area contributed by atoms with Crippen molar-refractivity contribution in [3.8, 4) is 0 Å². The largest absolute Gasteiger partial charge is 0.334 e. The molecule has 0 saturated heterocycles. The molecule has 182 valence electrons. The average Bonchev–Trinajstić information content (AvgIpc) is 2.89. The van der Waals surface area contributed by atoms with Crippen LogP contribution in [0.1, 0.15) is 21.5 Å². The Morgan fingerprint density at radius 1 is 0.686 bits per heavy atom. The monoisotopic (exact) mass is 495 g/mol. The molecule has 0 aromatic heterocycles. The summed E-state index contributed by atoms with van der Waals surface area (Å²) in [4.78, 5) is 36.0. The maximum Gasteiger partial charge on any atom is 0.315 e. The number of nitrogens with one attached hydrogen (secondary N) is 5. The molecule has 0 aliphatic rings. The summed E-state index contributed by atoms with van der Waals surface area (Å²) < 4.78 is 27.6. The van der Waals surface area contributed by atoms with Gasteiger partial charge in [0.2, 0.25) is 10.0 Å². The molecule has 4 amide bonds. The summed E-state index contributed by atoms with van der Waals surface area (Å²) in [6.45, 7) is 0.0186. The molecule has 10 nitrogen and oxygen atoms in total. The molecule has 0 spiro atoms. The molecule has 11 heteroatoms. The first-order valence-corrected chi connectivity index (χ1v) is 12.1. The molecule has 0 saturated carbocycles. The SMILES string of the molecule is O=C(CNC(=O)NCc1ccccc1)NNC(=O)c1cccc(S(=O)(=O)NCc2ccccc2)c1. The highest BCUT2D eigenvalue weighted by molar-refractivity contribution is 7.89. The van der Waals surface area contributed by atoms with Gasteiger partial charge < -0.3 is 10.6 Å². The van der Waals surface area contributed by atoms with E-state index in [1.165, 1.54) is 24.3 Å². The van der Waals surface area contributed by atoms with Gasteiger partial charge in [-0.3, -0.25) is 20.4 Å². The number of amides is 4. The van der Waals surface area contributed by atoms with Gasteiger partial charge in [-0.25, -0.2) is 17.9 Å². The Morgan fingerprint density at radius 2 is 1.31 bits per heavy atom. The van der Waals surface area contributed by atoms with Crippen LogP contribution in [0.15, 0.2) is 89.8 Å². The van der Waals surface area contributed by atoms with Crippen LogP contribution in [0.4, 0.5) is 4.79 Å². The lowest BCUT2D eigenvalue weighted by atomic mass is 10.2. The molecule has 5 N–H and O–H groups in total. The normalized spacial score (nSPS) is 10.7. The highest BCUT2D eigenvalue weighted by Gasteiger charge is 2.16. The van der Waals surface area contributed by atoms with Gasteiger partial charge in [0, 0.05) is 18.7 Å². The maximum atomic E-state index is 12.6. The van der Waals surface area contributed by atoms with Gasteiger partial charge in [0.25, 0.3) is 11.8 Å². The number of urea groups is 1. The first-order valence-electron chi connectivity index (χ1n) is 10.6. The molecule has 0 atom stereocenters. The molecule has 0 fully saturated rings. The van der Waals surface area contributed by atoms with Crippen molar-refractivity contribution in [1.29, 1.82) is 0 Å². The summed E-state index contributed by atoms with van der Waals surface area (Å²) in [6, 6.07) is 23.1. The van der Waals surface area contributed by atoms with Crippen LogP contribution in [0, 0.1) is 0 Å². The molecule has 0 unspecified atom stereocenters. The summed E-state index contributed by atoms with van der Waals surface area (Å²) in [5.41, 5.74) is 6.08. The zero-order valence-corrected chi connectivity index (χ0v) is 19.5. The van der Waals surface area contributed by atoms with Crippen LogP contribution in [0.5, 0.6) is 0 Å². The molecule has 0 heterocycles. The first kappa shape index (κ1) is 25.4. The highest BCUT2D eigenvalue weighted by atomic mass is 32.2. The Hall–Kier alpha value is -4.22. The van der Waals surface area contributed by atoms with E-state index >= 15 is 0 Å². The van der Waals surface area contributed by atoms with Gasteiger partial charge in [-0.05, 0) is 29.3 Å². The number of sulfonamides is 1. The summed E-state index contributed by atoms with van der Waals surface area (Å²) >= 11 is 0. The quantitative estimate of drug-likeness (QED) is 0.285. The molecule has 0 aliphatic heterocycles. The molecular weight excluding hydrogens is 470 g/mol. The van der Waals surface area contributed by atoms with E-state index < -0.39 is 27.9 Å². The number of hydrogen-bond donors (Lipinski definition) is 5. The first-order chi connectivity index (χ1) is 16.8. The Balaban J connectivity index is 1.45. The second kappa shape index (κ2) is 12.3. The lowest BCUT2D eigenvalue weighted by Gasteiger charge is -2.11. The zero-order valence-electron chi connectivity index (χ0n) is 18.7. The fraction of sp³-hybridized carbons (Fsp3) is 0.125. The molecule has 35 heavy (non-hydrogen) atoms. The van der Waals surface area contributed by atoms with E-state index in [0.29, 0.717) is 6.54 Å². The van der Waals surface area contributed by atoms with Gasteiger partial charge in [-0.1, -0.05) is 66.7 Å². The summed E-state index contributed by atoms with van der Waals surface area (Å²) in [7, 11) is -3.86. The predicted molar refractivity (Wildman–Crippen MR) is 129 cm³/mol. The van der Waals surface area contributed by atoms with Crippen LogP contribution in [0.25, 0.3) is 0 Å². The van der Waals surface area contributed by atoms with Crippen LogP contribution in [0.2, 0.25) is 0 Å². The minimum absolute atomic E-state index is 0.0291. The van der Waals surface area contributed by atoms with Gasteiger partial charge in [-0.15, -0.1) is 0 Å². The fourth-order valence-corrected chi connectivity index (χ4v) is 3.97. The summed E-state index contributed by atoms with van der Waals surface area (Å²) in [5, 5.41) is 4.98. The van der Waals surface area contributed by atoms with Gasteiger partial charge >= 0.3 is 6.03 Å². The van der Waals surface area contributed by atoms with E-state index in [1.54, 1.807) is 24.3 Å². The van der Waals surface area contributed by atoms with Crippen molar-refractivity contribution >= 4 is 27.9 Å². The average molecular weight is 496 g/mol. The molecule has 3 aromatic carbocycles. The molecule has 3 rings (SSSR count). The van der Waals surface area contributed by atoms with Crippen molar-refractivity contribution in [3.05, 3.63) is 102 Å². The molecule has 0 aliphatic carbocycles. The second-order valence-electron chi connectivity index (χ2n) is 7.36. The smallest absolute Gasteiger partial charge is 0.315 e. The van der Waals surface area contributed by atoms with E-state index in [-0.39, 0.29) is 23.5 Å². The number of carbonyl (C=O) groups excluding carboxylic acids is 3. The Kier molecular flexibility index (Phi) is 8.93. The van der Waals surface area contributed by atoms with Crippen LogP contribution >= 0.6 is 0 Å². The van der Waals surface area contributed by atoms with Crippen molar-refractivity contribution in [2.75, 3.05) is 6.54 Å². The lowest BCUT2D eigenvalue weighted by molar-refractivity contribution is -0.120. The van der Waals surface area contributed by atoms with E-state index in [0.717, 1.165) is 11.1 Å². The number of benzene rings is 3. The zero-order chi connectivity index (χ0) is 25.1. The van der Waals surface area contributed by atoms with Crippen molar-refractivity contribution in [1.82, 2.24) is 26.2 Å². The topological polar surface area (TPSA) is 146 Å². The Bertz CT molecular complexity index is 1270. The van der Waals surface area contributed by atoms with Gasteiger partial charge in [0.1, 0.15) is 6.54 Å². The molecular formula is C24H25N5O5S. The van der Waals surface area contributed by atoms with E-state index in [2.05, 4.69) is 26.2 Å². The third kappa shape index (κ3) is 8.25. The number of hydrogen-bond acceptors (Lipinski definition) is 5. The van der Waals surface area contributed by atoms with Crippen LogP contribution in [0.3, 0.4) is 0 Å². The number of carbonyl (C=O) groups is 3. The number of hydrazine groups is 1. The summed E-state index contributed by atoms with van der Waals surface area (Å²) in [6.07, 6.45) is 0. The lowest BCUT2D eigenvalue weighted by Crippen LogP contribution is -2.47. The third-order valence-corrected chi connectivity index (χ3v) is 6.14. The fourth-order valence-electron chi connectivity index (χ4n) is 2.91. The minimum atomic E-state index is -3.86. The van der Waals surface area contributed by atoms with Crippen molar-refractivity contribution in [3.63, 3.8) is 0 Å². The minimum Gasteiger partial charge on any atom is -0.334 e. The van der Waals surface area contributed by atoms with Crippen molar-refractivity contribution < 1.29 is 22.8 Å². The van der Waals surface area contributed by atoms with Crippen molar-refractivity contribution in [2.24, 2.45) is 0 Å². The van der Waals surface area contributed by atoms with E-state index in [9.17, 15) is 22.8 Å². The highest BCUT2D eigenvalue weighted by Crippen LogP contribution is 2.12. The molecule has 3 aromatic rings. The molecule has 0 bridgehead atoms. The maximum absolute atomic E-state index is 12.6. The summed E-state index contributed by atoms with van der Waals surface area (Å²) in [5.74, 6) is -1.38. The number of rotatable bonds is 9. The Morgan fingerprint density at radius 3 is 1.97 bits per heavy atom. The van der Waals surface area contributed by atoms with Crippen LogP contribution in [-0.4, -0.2) is 32.8 Å². The predicted octanol–water partition coefficient (Wildman–Crippen LogP) is 1.43. The van der Waals surface area contributed by atoms with Gasteiger partial charge in [0.15, 0.2) is 0 Å². The van der Waals surface area contributed by atoms with Crippen LogP contribution < -0.4 is 26.2 Å².